The number of amides is 1. The van der Waals surface area contributed by atoms with E-state index >= 15 is 0 Å². The predicted molar refractivity (Wildman–Crippen MR) is 21.7 cm³/mol. The summed E-state index contributed by atoms with van der Waals surface area (Å²) < 4.78 is 0. The van der Waals surface area contributed by atoms with E-state index in [1.165, 1.54) is 0 Å². The molecule has 0 aromatic heterocycles. The van der Waals surface area contributed by atoms with E-state index < -0.39 is 0 Å². The number of primary amides is 1. The van der Waals surface area contributed by atoms with Gasteiger partial charge in [-0.25, -0.2) is 4.79 Å². The minimum Gasteiger partial charge on any atom is -0.329 e. The van der Waals surface area contributed by atoms with Gasteiger partial charge in [-0.15, -0.1) is 0 Å². The molecule has 0 spiro atoms. The topological polar surface area (TPSA) is 43.1 Å². The highest BCUT2D eigenvalue weighted by Gasteiger charge is 2.43. The number of hydrogen-bond donors (Lipinski definition) is 1. The molecule has 1 aliphatic rings. The van der Waals surface area contributed by atoms with Crippen molar-refractivity contribution in [3.05, 3.63) is 5.92 Å². The number of rotatable bonds is 1. The van der Waals surface area contributed by atoms with E-state index in [1.54, 1.807) is 0 Å². The summed E-state index contributed by atoms with van der Waals surface area (Å²) in [4.78, 5) is 9.95. The molecule has 0 bridgehead atoms. The van der Waals surface area contributed by atoms with Gasteiger partial charge in [0.1, 0.15) is 12.8 Å². The molecular weight excluding hydrogens is 78.0 g/mol. The Hall–Kier alpha value is -0.660. The van der Waals surface area contributed by atoms with Crippen molar-refractivity contribution in [3.63, 3.8) is 0 Å². The van der Waals surface area contributed by atoms with Crippen molar-refractivity contribution in [1.29, 1.82) is 0 Å². The molecule has 0 aromatic carbocycles. The molecule has 0 saturated heterocycles. The van der Waals surface area contributed by atoms with Crippen LogP contribution in [-0.4, -0.2) is 5.91 Å². The smallest absolute Gasteiger partial charge is 0.329 e. The summed E-state index contributed by atoms with van der Waals surface area (Å²) in [7, 11) is 0. The molecule has 0 aromatic rings. The second-order valence-electron chi connectivity index (χ2n) is 1.47. The molecule has 0 radical (unpaired) electrons. The van der Waals surface area contributed by atoms with Crippen molar-refractivity contribution in [1.82, 2.24) is 0 Å². The normalized spacial score (nSPS) is 17.7. The minimum absolute atomic E-state index is 0.213. The maximum absolute atomic E-state index is 9.95. The van der Waals surface area contributed by atoms with Crippen LogP contribution in [0.4, 0.5) is 0 Å². The monoisotopic (exact) mass is 84.0 g/mol. The highest BCUT2D eigenvalue weighted by atomic mass is 16.1. The average Bonchev–Trinajstić information content (AvgIpc) is 2.06. The lowest BCUT2D eigenvalue weighted by atomic mass is 10.4. The second kappa shape index (κ2) is 0.899. The molecule has 0 heterocycles. The Kier molecular flexibility index (Phi) is 0.528. The van der Waals surface area contributed by atoms with Crippen molar-refractivity contribution < 1.29 is 4.79 Å². The van der Waals surface area contributed by atoms with Gasteiger partial charge in [0, 0.05) is 0 Å². The summed E-state index contributed by atoms with van der Waals surface area (Å²) in [5.41, 5.74) is 4.82. The van der Waals surface area contributed by atoms with Crippen LogP contribution in [0.5, 0.6) is 0 Å². The molecule has 0 aliphatic heterocycles. The minimum atomic E-state index is -0.213. The Labute approximate surface area is 36.3 Å². The third-order valence-corrected chi connectivity index (χ3v) is 0.848. The lowest BCUT2D eigenvalue weighted by Gasteiger charge is -1.63. The van der Waals surface area contributed by atoms with Crippen LogP contribution in [0, 0.1) is 5.92 Å². The van der Waals surface area contributed by atoms with Gasteiger partial charge in [-0.1, -0.05) is 0 Å². The fourth-order valence-electron chi connectivity index (χ4n) is 0.309. The average molecular weight is 84.1 g/mol. The third-order valence-electron chi connectivity index (χ3n) is 0.848. The number of nitrogens with two attached hydrogens (primary N) is 1. The highest BCUT2D eigenvalue weighted by molar-refractivity contribution is 5.91. The Morgan fingerprint density at radius 1 is 1.67 bits per heavy atom. The fourth-order valence-corrected chi connectivity index (χ4v) is 0.309. The van der Waals surface area contributed by atoms with Crippen molar-refractivity contribution in [2.75, 3.05) is 0 Å². The van der Waals surface area contributed by atoms with E-state index in [1.807, 2.05) is 0 Å². The van der Waals surface area contributed by atoms with E-state index in [9.17, 15) is 4.79 Å². The number of carbonyl (C=O) groups is 1. The van der Waals surface area contributed by atoms with Crippen LogP contribution in [0.25, 0.3) is 0 Å². The number of hydrogen-bond acceptors (Lipinski definition) is 1. The standard InChI is InChI=1S/C4H5NO/c5-4(6)3-1-2-3/h1-2H2,(H-,5,6)/p+1. The van der Waals surface area contributed by atoms with Gasteiger partial charge in [0.15, 0.2) is 5.92 Å². The number of carbonyl (C=O) groups excluding carboxylic acids is 1. The predicted octanol–water partition coefficient (Wildman–Crippen LogP) is -0.160. The van der Waals surface area contributed by atoms with Gasteiger partial charge in [0.05, 0.1) is 0 Å². The van der Waals surface area contributed by atoms with Gasteiger partial charge in [-0.05, 0) is 0 Å². The van der Waals surface area contributed by atoms with Crippen LogP contribution in [0.2, 0.25) is 0 Å². The van der Waals surface area contributed by atoms with Crippen molar-refractivity contribution in [3.8, 4) is 0 Å². The first-order chi connectivity index (χ1) is 2.80. The zero-order chi connectivity index (χ0) is 4.57. The van der Waals surface area contributed by atoms with E-state index in [0.29, 0.717) is 0 Å². The van der Waals surface area contributed by atoms with E-state index in [0.717, 1.165) is 18.8 Å². The summed E-state index contributed by atoms with van der Waals surface area (Å²) in [5, 5.41) is 0. The van der Waals surface area contributed by atoms with Crippen LogP contribution in [0.3, 0.4) is 0 Å². The summed E-state index contributed by atoms with van der Waals surface area (Å²) in [6, 6.07) is 0. The molecule has 1 fully saturated rings. The van der Waals surface area contributed by atoms with E-state index in [4.69, 9.17) is 5.73 Å². The Morgan fingerprint density at radius 2 is 2.17 bits per heavy atom. The molecule has 1 aliphatic carbocycles. The fraction of sp³-hybridized carbons (Fsp3) is 0.500. The van der Waals surface area contributed by atoms with Crippen molar-refractivity contribution in [2.45, 2.75) is 12.8 Å². The largest absolute Gasteiger partial charge is 0.402 e. The Bertz CT molecular complexity index is 75.6. The quantitative estimate of drug-likeness (QED) is 0.441. The third kappa shape index (κ3) is 0.455. The molecular formula is C4H6NO+. The van der Waals surface area contributed by atoms with Gasteiger partial charge in [-0.2, -0.15) is 0 Å². The first kappa shape index (κ1) is 3.53. The lowest BCUT2D eigenvalue weighted by molar-refractivity contribution is -0.115. The second-order valence-corrected chi connectivity index (χ2v) is 1.47. The molecule has 2 heteroatoms. The van der Waals surface area contributed by atoms with Crippen molar-refractivity contribution in [2.24, 2.45) is 5.73 Å². The van der Waals surface area contributed by atoms with E-state index in [2.05, 4.69) is 0 Å². The van der Waals surface area contributed by atoms with Gasteiger partial charge < -0.3 is 5.73 Å². The zero-order valence-corrected chi connectivity index (χ0v) is 3.40. The van der Waals surface area contributed by atoms with Crippen molar-refractivity contribution >= 4 is 5.91 Å². The molecule has 0 unspecified atom stereocenters. The van der Waals surface area contributed by atoms with Gasteiger partial charge in [0.2, 0.25) is 0 Å². The summed E-state index contributed by atoms with van der Waals surface area (Å²) in [6.07, 6.45) is 1.88. The summed E-state index contributed by atoms with van der Waals surface area (Å²) >= 11 is 0. The molecule has 0 atom stereocenters. The molecule has 32 valence electrons. The van der Waals surface area contributed by atoms with Gasteiger partial charge in [-0.3, -0.25) is 0 Å². The van der Waals surface area contributed by atoms with Crippen LogP contribution in [0.1, 0.15) is 12.8 Å². The van der Waals surface area contributed by atoms with Crippen LogP contribution in [0.15, 0.2) is 0 Å². The van der Waals surface area contributed by atoms with Crippen LogP contribution in [-0.2, 0) is 4.79 Å². The highest BCUT2D eigenvalue weighted by Crippen LogP contribution is 2.30. The zero-order valence-electron chi connectivity index (χ0n) is 3.40. The summed E-state index contributed by atoms with van der Waals surface area (Å²) in [5.74, 6) is 0.685. The lowest BCUT2D eigenvalue weighted by Crippen LogP contribution is -2.10. The first-order valence-corrected chi connectivity index (χ1v) is 1.95. The SMILES string of the molecule is NC(=O)[C+]1CC1. The maximum atomic E-state index is 9.95. The molecule has 1 amide bonds. The molecule has 1 rings (SSSR count). The molecule has 6 heavy (non-hydrogen) atoms. The molecule has 2 nitrogen and oxygen atoms in total. The summed E-state index contributed by atoms with van der Waals surface area (Å²) in [6.45, 7) is 0. The maximum Gasteiger partial charge on any atom is 0.402 e. The van der Waals surface area contributed by atoms with Gasteiger partial charge in [0.25, 0.3) is 0 Å². The molecule has 2 N–H and O–H groups in total. The molecule has 1 saturated carbocycles. The van der Waals surface area contributed by atoms with Crippen LogP contribution < -0.4 is 5.73 Å². The Balaban J connectivity index is 2.31. The van der Waals surface area contributed by atoms with E-state index in [-0.39, 0.29) is 5.91 Å². The first-order valence-electron chi connectivity index (χ1n) is 1.95. The van der Waals surface area contributed by atoms with Crippen LogP contribution >= 0.6 is 0 Å². The Morgan fingerprint density at radius 3 is 2.17 bits per heavy atom. The van der Waals surface area contributed by atoms with Gasteiger partial charge >= 0.3 is 5.91 Å².